The minimum absolute atomic E-state index is 0.130. The van der Waals surface area contributed by atoms with Crippen molar-refractivity contribution in [1.29, 1.82) is 0 Å². The highest BCUT2D eigenvalue weighted by molar-refractivity contribution is 7.17. The van der Waals surface area contributed by atoms with Crippen LogP contribution in [0.1, 0.15) is 29.1 Å². The van der Waals surface area contributed by atoms with Crippen molar-refractivity contribution in [2.45, 2.75) is 13.0 Å². The molecular weight excluding hydrogens is 262 g/mol. The molecule has 19 heavy (non-hydrogen) atoms. The van der Waals surface area contributed by atoms with Crippen molar-refractivity contribution < 1.29 is 9.32 Å². The second kappa shape index (κ2) is 4.81. The fourth-order valence-electron chi connectivity index (χ4n) is 1.86. The molecule has 3 aromatic rings. The number of nitrogens with one attached hydrogen (secondary N) is 1. The van der Waals surface area contributed by atoms with E-state index in [0.29, 0.717) is 11.4 Å². The average molecular weight is 273 g/mol. The van der Waals surface area contributed by atoms with Gasteiger partial charge in [-0.3, -0.25) is 4.79 Å². The SMILES string of the molecule is CC(NC(=O)c1csc2ccccc12)c1ncon1. The van der Waals surface area contributed by atoms with Crippen LogP contribution in [0.15, 0.2) is 40.6 Å². The number of carbonyl (C=O) groups is 1. The van der Waals surface area contributed by atoms with E-state index in [4.69, 9.17) is 0 Å². The van der Waals surface area contributed by atoms with E-state index in [-0.39, 0.29) is 11.9 Å². The lowest BCUT2D eigenvalue weighted by Crippen LogP contribution is -2.27. The summed E-state index contributed by atoms with van der Waals surface area (Å²) in [4.78, 5) is 16.2. The molecule has 0 aliphatic rings. The molecule has 0 saturated carbocycles. The van der Waals surface area contributed by atoms with Crippen molar-refractivity contribution in [3.63, 3.8) is 0 Å². The summed E-state index contributed by atoms with van der Waals surface area (Å²) in [5.74, 6) is 0.336. The van der Waals surface area contributed by atoms with Crippen LogP contribution in [0.3, 0.4) is 0 Å². The van der Waals surface area contributed by atoms with Gasteiger partial charge in [0.05, 0.1) is 11.6 Å². The number of hydrogen-bond donors (Lipinski definition) is 1. The molecule has 2 aromatic heterocycles. The molecule has 0 aliphatic heterocycles. The van der Waals surface area contributed by atoms with E-state index in [0.717, 1.165) is 10.1 Å². The normalized spacial score (nSPS) is 12.5. The average Bonchev–Trinajstić information content (AvgIpc) is 3.08. The number of nitrogens with zero attached hydrogens (tertiary/aromatic N) is 2. The van der Waals surface area contributed by atoms with Crippen LogP contribution in [-0.4, -0.2) is 16.0 Å². The van der Waals surface area contributed by atoms with E-state index in [1.807, 2.05) is 36.6 Å². The number of amides is 1. The molecule has 0 spiro atoms. The first-order valence-electron chi connectivity index (χ1n) is 5.79. The van der Waals surface area contributed by atoms with Gasteiger partial charge in [-0.15, -0.1) is 11.3 Å². The van der Waals surface area contributed by atoms with E-state index < -0.39 is 0 Å². The fraction of sp³-hybridized carbons (Fsp3) is 0.154. The van der Waals surface area contributed by atoms with Crippen molar-refractivity contribution in [3.8, 4) is 0 Å². The third kappa shape index (κ3) is 2.22. The highest BCUT2D eigenvalue weighted by atomic mass is 32.1. The van der Waals surface area contributed by atoms with Crippen LogP contribution in [0.2, 0.25) is 0 Å². The van der Waals surface area contributed by atoms with Crippen molar-refractivity contribution in [1.82, 2.24) is 15.5 Å². The minimum Gasteiger partial charge on any atom is -0.343 e. The fourth-order valence-corrected chi connectivity index (χ4v) is 2.80. The van der Waals surface area contributed by atoms with Gasteiger partial charge in [-0.25, -0.2) is 0 Å². The highest BCUT2D eigenvalue weighted by Gasteiger charge is 2.17. The van der Waals surface area contributed by atoms with Gasteiger partial charge in [0.2, 0.25) is 6.39 Å². The zero-order valence-electron chi connectivity index (χ0n) is 10.2. The van der Waals surface area contributed by atoms with E-state index in [9.17, 15) is 4.79 Å². The summed E-state index contributed by atoms with van der Waals surface area (Å²) < 4.78 is 5.76. The second-order valence-corrected chi connectivity index (χ2v) is 5.04. The minimum atomic E-state index is -0.287. The number of fused-ring (bicyclic) bond motifs is 1. The molecule has 0 saturated heterocycles. The Labute approximate surface area is 113 Å². The van der Waals surface area contributed by atoms with Crippen LogP contribution >= 0.6 is 11.3 Å². The summed E-state index contributed by atoms with van der Waals surface area (Å²) in [6, 6.07) is 7.54. The molecule has 1 aromatic carbocycles. The number of rotatable bonds is 3. The molecule has 1 amide bonds. The van der Waals surface area contributed by atoms with Gasteiger partial charge < -0.3 is 9.84 Å². The topological polar surface area (TPSA) is 68.0 Å². The smallest absolute Gasteiger partial charge is 0.253 e. The predicted octanol–water partition coefficient (Wildman–Crippen LogP) is 2.78. The molecular formula is C13H11N3O2S. The number of carbonyl (C=O) groups excluding carboxylic acids is 1. The quantitative estimate of drug-likeness (QED) is 0.796. The second-order valence-electron chi connectivity index (χ2n) is 4.13. The first-order chi connectivity index (χ1) is 9.25. The molecule has 0 bridgehead atoms. The van der Waals surface area contributed by atoms with Gasteiger partial charge in [-0.05, 0) is 13.0 Å². The summed E-state index contributed by atoms with van der Waals surface area (Å²) >= 11 is 1.56. The first kappa shape index (κ1) is 11.9. The first-order valence-corrected chi connectivity index (χ1v) is 6.67. The number of hydrogen-bond acceptors (Lipinski definition) is 5. The molecule has 6 heteroatoms. The zero-order valence-corrected chi connectivity index (χ0v) is 11.0. The van der Waals surface area contributed by atoms with E-state index in [1.165, 1.54) is 6.39 Å². The van der Waals surface area contributed by atoms with Crippen LogP contribution < -0.4 is 5.32 Å². The summed E-state index contributed by atoms with van der Waals surface area (Å²) in [6.45, 7) is 1.82. The Morgan fingerprint density at radius 1 is 1.42 bits per heavy atom. The van der Waals surface area contributed by atoms with Gasteiger partial charge >= 0.3 is 0 Å². The molecule has 0 fully saturated rings. The lowest BCUT2D eigenvalue weighted by Gasteiger charge is -2.09. The summed E-state index contributed by atoms with van der Waals surface area (Å²) in [6.07, 6.45) is 1.25. The Morgan fingerprint density at radius 2 is 2.26 bits per heavy atom. The van der Waals surface area contributed by atoms with E-state index in [1.54, 1.807) is 11.3 Å². The van der Waals surface area contributed by atoms with Gasteiger partial charge in [0, 0.05) is 15.5 Å². The summed E-state index contributed by atoms with van der Waals surface area (Å²) in [5.41, 5.74) is 0.677. The third-order valence-corrected chi connectivity index (χ3v) is 3.80. The lowest BCUT2D eigenvalue weighted by atomic mass is 10.1. The van der Waals surface area contributed by atoms with Crippen molar-refractivity contribution >= 4 is 27.3 Å². The Morgan fingerprint density at radius 3 is 3.05 bits per heavy atom. The Bertz CT molecular complexity index is 706. The lowest BCUT2D eigenvalue weighted by molar-refractivity contribution is 0.0940. The van der Waals surface area contributed by atoms with Crippen LogP contribution in [0.5, 0.6) is 0 Å². The molecule has 1 unspecified atom stereocenters. The van der Waals surface area contributed by atoms with Crippen LogP contribution in [0, 0.1) is 0 Å². The molecule has 5 nitrogen and oxygen atoms in total. The number of benzene rings is 1. The molecule has 0 radical (unpaired) electrons. The molecule has 3 rings (SSSR count). The monoisotopic (exact) mass is 273 g/mol. The van der Waals surface area contributed by atoms with Crippen LogP contribution in [-0.2, 0) is 0 Å². The largest absolute Gasteiger partial charge is 0.343 e. The van der Waals surface area contributed by atoms with E-state index >= 15 is 0 Å². The Kier molecular flexibility index (Phi) is 3.00. The predicted molar refractivity (Wildman–Crippen MR) is 72.0 cm³/mol. The molecule has 2 heterocycles. The Hall–Kier alpha value is -2.21. The maximum Gasteiger partial charge on any atom is 0.253 e. The molecule has 1 N–H and O–H groups in total. The third-order valence-electron chi connectivity index (χ3n) is 2.84. The molecule has 1 atom stereocenters. The van der Waals surface area contributed by atoms with Crippen LogP contribution in [0.25, 0.3) is 10.1 Å². The zero-order chi connectivity index (χ0) is 13.2. The summed E-state index contributed by atoms with van der Waals surface area (Å²) in [7, 11) is 0. The van der Waals surface area contributed by atoms with Gasteiger partial charge in [0.1, 0.15) is 0 Å². The standard InChI is InChI=1S/C13H11N3O2S/c1-8(12-14-7-18-16-12)15-13(17)10-6-19-11-5-3-2-4-9(10)11/h2-8H,1H3,(H,15,17). The van der Waals surface area contributed by atoms with Crippen molar-refractivity contribution in [3.05, 3.63) is 47.4 Å². The van der Waals surface area contributed by atoms with Crippen molar-refractivity contribution in [2.24, 2.45) is 0 Å². The van der Waals surface area contributed by atoms with Gasteiger partial charge in [0.15, 0.2) is 5.82 Å². The maximum absolute atomic E-state index is 12.2. The Balaban J connectivity index is 1.84. The van der Waals surface area contributed by atoms with Gasteiger partial charge in [-0.1, -0.05) is 23.4 Å². The highest BCUT2D eigenvalue weighted by Crippen LogP contribution is 2.25. The molecule has 96 valence electrons. The number of aromatic nitrogens is 2. The van der Waals surface area contributed by atoms with Gasteiger partial charge in [0.25, 0.3) is 5.91 Å². The van der Waals surface area contributed by atoms with Crippen LogP contribution in [0.4, 0.5) is 0 Å². The maximum atomic E-state index is 12.2. The van der Waals surface area contributed by atoms with Crippen molar-refractivity contribution in [2.75, 3.05) is 0 Å². The molecule has 0 aliphatic carbocycles. The number of thiophene rings is 1. The van der Waals surface area contributed by atoms with E-state index in [2.05, 4.69) is 20.0 Å². The van der Waals surface area contributed by atoms with Gasteiger partial charge in [-0.2, -0.15) is 4.98 Å². The summed E-state index contributed by atoms with van der Waals surface area (Å²) in [5, 5.41) is 9.40.